The van der Waals surface area contributed by atoms with E-state index in [1.807, 2.05) is 12.1 Å². The number of benzene rings is 2. The lowest BCUT2D eigenvalue weighted by Gasteiger charge is -2.19. The third-order valence-corrected chi connectivity index (χ3v) is 3.75. The molecule has 0 saturated carbocycles. The predicted octanol–water partition coefficient (Wildman–Crippen LogP) is 2.73. The molecule has 8 heteroatoms. The molecule has 0 fully saturated rings. The molecule has 2 aromatic rings. The first-order valence-electron chi connectivity index (χ1n) is 8.24. The van der Waals surface area contributed by atoms with Gasteiger partial charge in [-0.2, -0.15) is 0 Å². The van der Waals surface area contributed by atoms with Crippen molar-refractivity contribution in [2.45, 2.75) is 26.2 Å². The van der Waals surface area contributed by atoms with E-state index in [1.54, 1.807) is 18.2 Å². The summed E-state index contributed by atoms with van der Waals surface area (Å²) in [5.41, 5.74) is 5.70. The summed E-state index contributed by atoms with van der Waals surface area (Å²) in [4.78, 5) is 34.2. The van der Waals surface area contributed by atoms with Crippen LogP contribution in [0.2, 0.25) is 0 Å². The fourth-order valence-electron chi connectivity index (χ4n) is 2.23. The van der Waals surface area contributed by atoms with Gasteiger partial charge in [0.05, 0.1) is 4.92 Å². The van der Waals surface area contributed by atoms with E-state index in [4.69, 9.17) is 4.74 Å². The summed E-state index contributed by atoms with van der Waals surface area (Å²) in [6.07, 6.45) is 0. The van der Waals surface area contributed by atoms with Crippen molar-refractivity contribution in [3.05, 3.63) is 69.8 Å². The Kier molecular flexibility index (Phi) is 6.12. The van der Waals surface area contributed by atoms with Gasteiger partial charge < -0.3 is 4.74 Å². The molecule has 0 aliphatic carbocycles. The highest BCUT2D eigenvalue weighted by Gasteiger charge is 2.16. The van der Waals surface area contributed by atoms with Crippen molar-refractivity contribution in [3.63, 3.8) is 0 Å². The van der Waals surface area contributed by atoms with Crippen LogP contribution in [0.25, 0.3) is 0 Å². The van der Waals surface area contributed by atoms with Crippen molar-refractivity contribution in [3.8, 4) is 5.75 Å². The van der Waals surface area contributed by atoms with E-state index in [2.05, 4.69) is 31.6 Å². The quantitative estimate of drug-likeness (QED) is 0.620. The van der Waals surface area contributed by atoms with E-state index in [-0.39, 0.29) is 16.9 Å². The molecule has 142 valence electrons. The third-order valence-electron chi connectivity index (χ3n) is 3.75. The SMILES string of the molecule is CC(C)(C)c1ccc(C(=O)NNC(=O)COc2ccccc2[N+](=O)[O-])cc1. The van der Waals surface area contributed by atoms with Crippen molar-refractivity contribution in [2.24, 2.45) is 0 Å². The van der Waals surface area contributed by atoms with Gasteiger partial charge in [-0.15, -0.1) is 0 Å². The highest BCUT2D eigenvalue weighted by Crippen LogP contribution is 2.25. The molecule has 2 aromatic carbocycles. The number of para-hydroxylation sites is 2. The van der Waals surface area contributed by atoms with Crippen LogP contribution in [0.3, 0.4) is 0 Å². The number of rotatable bonds is 5. The molecule has 0 aromatic heterocycles. The van der Waals surface area contributed by atoms with E-state index in [9.17, 15) is 19.7 Å². The Morgan fingerprint density at radius 2 is 1.67 bits per heavy atom. The van der Waals surface area contributed by atoms with Gasteiger partial charge in [-0.1, -0.05) is 45.0 Å². The number of hydrazine groups is 1. The maximum absolute atomic E-state index is 12.1. The van der Waals surface area contributed by atoms with Crippen LogP contribution in [-0.2, 0) is 10.2 Å². The molecule has 2 N–H and O–H groups in total. The van der Waals surface area contributed by atoms with Crippen molar-refractivity contribution in [1.29, 1.82) is 0 Å². The zero-order chi connectivity index (χ0) is 20.0. The summed E-state index contributed by atoms with van der Waals surface area (Å²) in [7, 11) is 0. The Bertz CT molecular complexity index is 841. The number of carbonyl (C=O) groups excluding carboxylic acids is 2. The minimum Gasteiger partial charge on any atom is -0.477 e. The summed E-state index contributed by atoms with van der Waals surface area (Å²) in [6.45, 7) is 5.73. The number of nitrogens with zero attached hydrogens (tertiary/aromatic N) is 1. The molecular weight excluding hydrogens is 350 g/mol. The van der Waals surface area contributed by atoms with Gasteiger partial charge in [-0.25, -0.2) is 0 Å². The smallest absolute Gasteiger partial charge is 0.310 e. The maximum atomic E-state index is 12.1. The van der Waals surface area contributed by atoms with E-state index < -0.39 is 23.3 Å². The lowest BCUT2D eigenvalue weighted by atomic mass is 9.87. The van der Waals surface area contributed by atoms with Gasteiger partial charge >= 0.3 is 5.69 Å². The maximum Gasteiger partial charge on any atom is 0.310 e. The standard InChI is InChI=1S/C19H21N3O5/c1-19(2,3)14-10-8-13(9-11-14)18(24)21-20-17(23)12-27-16-7-5-4-6-15(16)22(25)26/h4-11H,12H2,1-3H3,(H,20,23)(H,21,24). The number of ether oxygens (including phenoxy) is 1. The van der Waals surface area contributed by atoms with Crippen LogP contribution in [0.15, 0.2) is 48.5 Å². The topological polar surface area (TPSA) is 111 Å². The Hall–Kier alpha value is -3.42. The summed E-state index contributed by atoms with van der Waals surface area (Å²) in [5, 5.41) is 10.9. The van der Waals surface area contributed by atoms with Crippen LogP contribution in [0.4, 0.5) is 5.69 Å². The van der Waals surface area contributed by atoms with Gasteiger partial charge in [0.2, 0.25) is 0 Å². The van der Waals surface area contributed by atoms with E-state index in [0.717, 1.165) is 5.56 Å². The minimum atomic E-state index is -0.646. The number of nitrogens with one attached hydrogen (secondary N) is 2. The molecule has 0 saturated heterocycles. The molecule has 0 atom stereocenters. The van der Waals surface area contributed by atoms with Gasteiger partial charge in [-0.3, -0.25) is 30.6 Å². The largest absolute Gasteiger partial charge is 0.477 e. The fourth-order valence-corrected chi connectivity index (χ4v) is 2.23. The predicted molar refractivity (Wildman–Crippen MR) is 99.3 cm³/mol. The second-order valence-electron chi connectivity index (χ2n) is 6.84. The first kappa shape index (κ1) is 19.9. The molecule has 2 rings (SSSR count). The number of hydrogen-bond acceptors (Lipinski definition) is 5. The molecule has 0 unspecified atom stereocenters. The van der Waals surface area contributed by atoms with E-state index >= 15 is 0 Å². The summed E-state index contributed by atoms with van der Waals surface area (Å²) < 4.78 is 5.15. The number of amides is 2. The van der Waals surface area contributed by atoms with Crippen LogP contribution < -0.4 is 15.6 Å². The van der Waals surface area contributed by atoms with Crippen LogP contribution in [0.5, 0.6) is 5.75 Å². The molecule has 0 aliphatic heterocycles. The van der Waals surface area contributed by atoms with E-state index in [1.165, 1.54) is 18.2 Å². The lowest BCUT2D eigenvalue weighted by molar-refractivity contribution is -0.385. The fraction of sp³-hybridized carbons (Fsp3) is 0.263. The molecule has 2 amide bonds. The molecule has 0 spiro atoms. The Balaban J connectivity index is 1.87. The van der Waals surface area contributed by atoms with Crippen molar-refractivity contribution in [1.82, 2.24) is 10.9 Å². The molecule has 0 radical (unpaired) electrons. The average Bonchev–Trinajstić information content (AvgIpc) is 2.64. The Labute approximate surface area is 156 Å². The molecule has 27 heavy (non-hydrogen) atoms. The summed E-state index contributed by atoms with van der Waals surface area (Å²) in [5.74, 6) is -1.15. The number of hydrogen-bond donors (Lipinski definition) is 2. The van der Waals surface area contributed by atoms with Crippen molar-refractivity contribution in [2.75, 3.05) is 6.61 Å². The molecule has 0 bridgehead atoms. The second-order valence-corrected chi connectivity index (χ2v) is 6.84. The van der Waals surface area contributed by atoms with Crippen molar-refractivity contribution < 1.29 is 19.2 Å². The van der Waals surface area contributed by atoms with Gasteiger partial charge in [0.1, 0.15) is 0 Å². The first-order valence-corrected chi connectivity index (χ1v) is 8.24. The van der Waals surface area contributed by atoms with Crippen LogP contribution in [0.1, 0.15) is 36.7 Å². The van der Waals surface area contributed by atoms with Gasteiger partial charge in [0.25, 0.3) is 11.8 Å². The minimum absolute atomic E-state index is 0.0262. The molecular formula is C19H21N3O5. The number of carbonyl (C=O) groups is 2. The highest BCUT2D eigenvalue weighted by molar-refractivity contribution is 5.95. The molecule has 8 nitrogen and oxygen atoms in total. The summed E-state index contributed by atoms with van der Waals surface area (Å²) in [6, 6.07) is 12.8. The van der Waals surface area contributed by atoms with Crippen LogP contribution in [-0.4, -0.2) is 23.3 Å². The lowest BCUT2D eigenvalue weighted by Crippen LogP contribution is -2.43. The van der Waals surface area contributed by atoms with Gasteiger partial charge in [-0.05, 0) is 29.2 Å². The highest BCUT2D eigenvalue weighted by atomic mass is 16.6. The number of nitro benzene ring substituents is 1. The van der Waals surface area contributed by atoms with Gasteiger partial charge in [0.15, 0.2) is 12.4 Å². The second kappa shape index (κ2) is 8.31. The van der Waals surface area contributed by atoms with Gasteiger partial charge in [0, 0.05) is 11.6 Å². The zero-order valence-corrected chi connectivity index (χ0v) is 15.3. The van der Waals surface area contributed by atoms with E-state index in [0.29, 0.717) is 5.56 Å². The molecule has 0 aliphatic rings. The molecule has 0 heterocycles. The zero-order valence-electron chi connectivity index (χ0n) is 15.3. The summed E-state index contributed by atoms with van der Waals surface area (Å²) >= 11 is 0. The Morgan fingerprint density at radius 3 is 2.26 bits per heavy atom. The van der Waals surface area contributed by atoms with Crippen LogP contribution >= 0.6 is 0 Å². The third kappa shape index (κ3) is 5.53. The Morgan fingerprint density at radius 1 is 1.04 bits per heavy atom. The number of nitro groups is 1. The van der Waals surface area contributed by atoms with Crippen LogP contribution in [0, 0.1) is 10.1 Å². The monoisotopic (exact) mass is 371 g/mol. The normalized spacial score (nSPS) is 10.8. The van der Waals surface area contributed by atoms with Crippen molar-refractivity contribution >= 4 is 17.5 Å². The first-order chi connectivity index (χ1) is 12.7. The average molecular weight is 371 g/mol.